The van der Waals surface area contributed by atoms with Crippen LogP contribution in [0, 0.1) is 0 Å². The molecule has 0 bridgehead atoms. The van der Waals surface area contributed by atoms with Crippen LogP contribution in [0.1, 0.15) is 19.8 Å². The number of amides is 1. The zero-order valence-electron chi connectivity index (χ0n) is 6.82. The summed E-state index contributed by atoms with van der Waals surface area (Å²) in [7, 11) is 0. The van der Waals surface area contributed by atoms with E-state index in [1.54, 1.807) is 0 Å². The second-order valence-electron chi connectivity index (χ2n) is 2.71. The van der Waals surface area contributed by atoms with Gasteiger partial charge in [-0.1, -0.05) is 0 Å². The van der Waals surface area contributed by atoms with Crippen molar-refractivity contribution in [2.24, 2.45) is 0 Å². The highest BCUT2D eigenvalue weighted by molar-refractivity contribution is 5.85. The predicted octanol–water partition coefficient (Wildman–Crippen LogP) is 0.504. The molecule has 1 atom stereocenters. The first-order valence-electron chi connectivity index (χ1n) is 3.63. The number of carboxylic acids is 1. The Hall–Kier alpha value is -0.770. The van der Waals surface area contributed by atoms with Crippen molar-refractivity contribution in [3.8, 4) is 0 Å². The van der Waals surface area contributed by atoms with Crippen molar-refractivity contribution in [2.75, 3.05) is 6.54 Å². The van der Waals surface area contributed by atoms with E-state index in [-0.39, 0.29) is 18.3 Å². The summed E-state index contributed by atoms with van der Waals surface area (Å²) >= 11 is 0. The van der Waals surface area contributed by atoms with E-state index in [4.69, 9.17) is 5.11 Å². The Bertz CT molecular complexity index is 175. The number of hydrogen-bond donors (Lipinski definition) is 1. The molecular formula is C7H12ClNO3. The minimum atomic E-state index is -0.891. The van der Waals surface area contributed by atoms with Crippen LogP contribution in [0.25, 0.3) is 0 Å². The van der Waals surface area contributed by atoms with Gasteiger partial charge in [-0.05, 0) is 12.8 Å². The third-order valence-electron chi connectivity index (χ3n) is 1.94. The van der Waals surface area contributed by atoms with E-state index in [1.165, 1.54) is 11.8 Å². The summed E-state index contributed by atoms with van der Waals surface area (Å²) in [5.41, 5.74) is 0. The molecule has 0 saturated carbocycles. The molecule has 5 heteroatoms. The van der Waals surface area contributed by atoms with E-state index in [2.05, 4.69) is 0 Å². The Balaban J connectivity index is 0.00000121. The third kappa shape index (κ3) is 2.11. The number of carbonyl (C=O) groups is 2. The lowest BCUT2D eigenvalue weighted by atomic mass is 10.2. The normalized spacial score (nSPS) is 21.8. The van der Waals surface area contributed by atoms with Gasteiger partial charge >= 0.3 is 5.97 Å². The zero-order valence-corrected chi connectivity index (χ0v) is 7.63. The molecule has 12 heavy (non-hydrogen) atoms. The van der Waals surface area contributed by atoms with E-state index in [0.29, 0.717) is 13.0 Å². The Morgan fingerprint density at radius 3 is 2.42 bits per heavy atom. The van der Waals surface area contributed by atoms with Gasteiger partial charge in [-0.2, -0.15) is 0 Å². The molecule has 1 rings (SSSR count). The first kappa shape index (κ1) is 11.2. The van der Waals surface area contributed by atoms with Crippen molar-refractivity contribution in [2.45, 2.75) is 25.8 Å². The molecule has 1 saturated heterocycles. The van der Waals surface area contributed by atoms with Gasteiger partial charge in [0.05, 0.1) is 0 Å². The molecule has 0 spiro atoms. The van der Waals surface area contributed by atoms with Crippen molar-refractivity contribution in [3.63, 3.8) is 0 Å². The number of carbonyl (C=O) groups excluding carboxylic acids is 1. The molecule has 1 heterocycles. The van der Waals surface area contributed by atoms with Crippen LogP contribution in [0.15, 0.2) is 0 Å². The molecular weight excluding hydrogens is 182 g/mol. The number of carboxylic acid groups (broad SMARTS) is 1. The molecule has 1 fully saturated rings. The molecule has 1 aliphatic heterocycles. The van der Waals surface area contributed by atoms with Crippen molar-refractivity contribution < 1.29 is 14.7 Å². The maximum atomic E-state index is 10.8. The quantitative estimate of drug-likeness (QED) is 0.660. The van der Waals surface area contributed by atoms with E-state index in [0.717, 1.165) is 6.42 Å². The van der Waals surface area contributed by atoms with Crippen LogP contribution in [0.3, 0.4) is 0 Å². The van der Waals surface area contributed by atoms with Crippen LogP contribution < -0.4 is 0 Å². The Morgan fingerprint density at radius 1 is 1.50 bits per heavy atom. The molecule has 1 N–H and O–H groups in total. The minimum Gasteiger partial charge on any atom is -0.480 e. The first-order chi connectivity index (χ1) is 5.13. The van der Waals surface area contributed by atoms with Crippen molar-refractivity contribution in [1.29, 1.82) is 0 Å². The largest absolute Gasteiger partial charge is 0.480 e. The smallest absolute Gasteiger partial charge is 0.326 e. The molecule has 0 aromatic heterocycles. The number of likely N-dealkylation sites (tertiary alicyclic amines) is 1. The molecule has 0 aromatic carbocycles. The van der Waals surface area contributed by atoms with Gasteiger partial charge in [0.15, 0.2) is 0 Å². The van der Waals surface area contributed by atoms with Gasteiger partial charge < -0.3 is 10.0 Å². The fourth-order valence-electron chi connectivity index (χ4n) is 1.40. The summed E-state index contributed by atoms with van der Waals surface area (Å²) in [6.07, 6.45) is 1.39. The van der Waals surface area contributed by atoms with E-state index in [1.807, 2.05) is 0 Å². The van der Waals surface area contributed by atoms with Crippen molar-refractivity contribution in [1.82, 2.24) is 4.90 Å². The van der Waals surface area contributed by atoms with Gasteiger partial charge in [-0.15, -0.1) is 12.4 Å². The average molecular weight is 194 g/mol. The van der Waals surface area contributed by atoms with Gasteiger partial charge in [0.2, 0.25) is 5.91 Å². The van der Waals surface area contributed by atoms with Crippen LogP contribution in [0.5, 0.6) is 0 Å². The van der Waals surface area contributed by atoms with Crippen LogP contribution in [0.4, 0.5) is 0 Å². The summed E-state index contributed by atoms with van der Waals surface area (Å²) < 4.78 is 0. The Morgan fingerprint density at radius 2 is 2.08 bits per heavy atom. The SMILES string of the molecule is CC(=O)N1CCC[C@H]1C(=O)O.Cl. The lowest BCUT2D eigenvalue weighted by Gasteiger charge is -2.18. The molecule has 4 nitrogen and oxygen atoms in total. The molecule has 0 radical (unpaired) electrons. The summed E-state index contributed by atoms with van der Waals surface area (Å²) in [5.74, 6) is -1.03. The van der Waals surface area contributed by atoms with Crippen LogP contribution in [-0.2, 0) is 9.59 Å². The minimum absolute atomic E-state index is 0. The van der Waals surface area contributed by atoms with Crippen LogP contribution in [-0.4, -0.2) is 34.5 Å². The molecule has 1 aliphatic rings. The lowest BCUT2D eigenvalue weighted by Crippen LogP contribution is -2.38. The Labute approximate surface area is 77.0 Å². The highest BCUT2D eigenvalue weighted by Crippen LogP contribution is 2.16. The number of rotatable bonds is 1. The predicted molar refractivity (Wildman–Crippen MR) is 45.3 cm³/mol. The summed E-state index contributed by atoms with van der Waals surface area (Å²) in [4.78, 5) is 22.8. The number of halogens is 1. The molecule has 0 aromatic rings. The second-order valence-corrected chi connectivity index (χ2v) is 2.71. The van der Waals surface area contributed by atoms with Crippen LogP contribution >= 0.6 is 12.4 Å². The van der Waals surface area contributed by atoms with E-state index >= 15 is 0 Å². The maximum absolute atomic E-state index is 10.8. The molecule has 0 aliphatic carbocycles. The third-order valence-corrected chi connectivity index (χ3v) is 1.94. The summed E-state index contributed by atoms with van der Waals surface area (Å²) in [5, 5.41) is 8.64. The summed E-state index contributed by atoms with van der Waals surface area (Å²) in [6, 6.07) is -0.576. The van der Waals surface area contributed by atoms with Gasteiger partial charge in [-0.3, -0.25) is 4.79 Å². The average Bonchev–Trinajstić information content (AvgIpc) is 2.32. The van der Waals surface area contributed by atoms with Gasteiger partial charge in [0, 0.05) is 13.5 Å². The first-order valence-corrected chi connectivity index (χ1v) is 3.63. The van der Waals surface area contributed by atoms with Crippen LogP contribution in [0.2, 0.25) is 0 Å². The number of nitrogens with zero attached hydrogens (tertiary/aromatic N) is 1. The topological polar surface area (TPSA) is 57.6 Å². The van der Waals surface area contributed by atoms with Gasteiger partial charge in [0.1, 0.15) is 6.04 Å². The highest BCUT2D eigenvalue weighted by Gasteiger charge is 2.31. The standard InChI is InChI=1S/C7H11NO3.ClH/c1-5(9)8-4-2-3-6(8)7(10)11;/h6H,2-4H2,1H3,(H,10,11);1H/t6-;/m0./s1. The Kier molecular flexibility index (Phi) is 4.03. The lowest BCUT2D eigenvalue weighted by molar-refractivity contribution is -0.147. The van der Waals surface area contributed by atoms with Gasteiger partial charge in [0.25, 0.3) is 0 Å². The van der Waals surface area contributed by atoms with Gasteiger partial charge in [-0.25, -0.2) is 4.79 Å². The number of aliphatic carboxylic acids is 1. The monoisotopic (exact) mass is 193 g/mol. The fourth-order valence-corrected chi connectivity index (χ4v) is 1.40. The molecule has 70 valence electrons. The highest BCUT2D eigenvalue weighted by atomic mass is 35.5. The molecule has 0 unspecified atom stereocenters. The number of hydrogen-bond acceptors (Lipinski definition) is 2. The van der Waals surface area contributed by atoms with E-state index in [9.17, 15) is 9.59 Å². The van der Waals surface area contributed by atoms with Crippen molar-refractivity contribution in [3.05, 3.63) is 0 Å². The summed E-state index contributed by atoms with van der Waals surface area (Å²) in [6.45, 7) is 1.99. The molecule has 1 amide bonds. The maximum Gasteiger partial charge on any atom is 0.326 e. The fraction of sp³-hybridized carbons (Fsp3) is 0.714. The van der Waals surface area contributed by atoms with Crippen molar-refractivity contribution >= 4 is 24.3 Å². The van der Waals surface area contributed by atoms with E-state index < -0.39 is 12.0 Å². The second kappa shape index (κ2) is 4.30. The zero-order chi connectivity index (χ0) is 8.43.